The van der Waals surface area contributed by atoms with Crippen molar-refractivity contribution in [3.8, 4) is 34.0 Å². The van der Waals surface area contributed by atoms with Crippen LogP contribution in [0.25, 0.3) is 34.0 Å². The van der Waals surface area contributed by atoms with Gasteiger partial charge in [0.2, 0.25) is 0 Å². The van der Waals surface area contributed by atoms with E-state index in [-0.39, 0.29) is 20.1 Å². The molecule has 0 aliphatic rings. The van der Waals surface area contributed by atoms with Crippen LogP contribution in [0, 0.1) is 12.7 Å². The Morgan fingerprint density at radius 1 is 1.18 bits per heavy atom. The highest BCUT2D eigenvalue weighted by molar-refractivity contribution is 5.68. The molecule has 0 aliphatic carbocycles. The van der Waals surface area contributed by atoms with Crippen molar-refractivity contribution in [1.82, 2.24) is 25.4 Å². The fourth-order valence-corrected chi connectivity index (χ4v) is 4.10. The van der Waals surface area contributed by atoms with E-state index in [0.717, 1.165) is 29.5 Å². The molecule has 0 saturated carbocycles. The molecule has 3 aromatic heterocycles. The number of benzene rings is 1. The molecule has 0 bridgehead atoms. The summed E-state index contributed by atoms with van der Waals surface area (Å²) in [6.07, 6.45) is 5.06. The molecule has 0 unspecified atom stereocenters. The van der Waals surface area contributed by atoms with Gasteiger partial charge in [0.25, 0.3) is 5.56 Å². The Morgan fingerprint density at radius 2 is 1.97 bits per heavy atom. The zero-order chi connectivity index (χ0) is 24.2. The topological polar surface area (TPSA) is 96.7 Å². The Balaban J connectivity index is 0.00000228. The van der Waals surface area contributed by atoms with E-state index in [4.69, 9.17) is 9.51 Å². The van der Waals surface area contributed by atoms with E-state index in [1.165, 1.54) is 6.07 Å². The predicted molar refractivity (Wildman–Crippen MR) is 134 cm³/mol. The number of halogens is 1. The van der Waals surface area contributed by atoms with Crippen molar-refractivity contribution in [2.24, 2.45) is 0 Å². The second-order valence-corrected chi connectivity index (χ2v) is 8.30. The first-order chi connectivity index (χ1) is 16.4. The summed E-state index contributed by atoms with van der Waals surface area (Å²) in [5.74, 6) is 0.198. The van der Waals surface area contributed by atoms with E-state index >= 15 is 0 Å². The molecule has 2 N–H and O–H groups in total. The van der Waals surface area contributed by atoms with Crippen LogP contribution in [0.4, 0.5) is 4.39 Å². The van der Waals surface area contributed by atoms with Crippen LogP contribution in [-0.4, -0.2) is 27.2 Å². The van der Waals surface area contributed by atoms with Crippen LogP contribution in [-0.2, 0) is 6.54 Å². The summed E-state index contributed by atoms with van der Waals surface area (Å²) >= 11 is 0. The summed E-state index contributed by atoms with van der Waals surface area (Å²) in [5, 5.41) is 7.07. The van der Waals surface area contributed by atoms with Crippen LogP contribution in [0.2, 0.25) is 0 Å². The number of nitrogens with zero attached hydrogens (tertiary/aromatic N) is 3. The highest BCUT2D eigenvalue weighted by Gasteiger charge is 2.18. The Bertz CT molecular complexity index is 1370. The fourth-order valence-electron chi connectivity index (χ4n) is 4.10. The lowest BCUT2D eigenvalue weighted by Gasteiger charge is -2.13. The predicted octanol–water partition coefficient (Wildman–Crippen LogP) is 5.72. The van der Waals surface area contributed by atoms with Gasteiger partial charge in [-0.1, -0.05) is 25.1 Å². The molecule has 0 aliphatic heterocycles. The van der Waals surface area contributed by atoms with Crippen molar-refractivity contribution in [2.45, 2.75) is 46.1 Å². The Labute approximate surface area is 200 Å². The number of pyridine rings is 1. The lowest BCUT2D eigenvalue weighted by molar-refractivity contribution is 0.432. The van der Waals surface area contributed by atoms with E-state index in [1.54, 1.807) is 24.5 Å². The average molecular weight is 466 g/mol. The molecular weight excluding hydrogens is 433 g/mol. The van der Waals surface area contributed by atoms with Crippen LogP contribution >= 0.6 is 0 Å². The van der Waals surface area contributed by atoms with E-state index in [9.17, 15) is 9.18 Å². The zero-order valence-corrected chi connectivity index (χ0v) is 19.8. The molecule has 0 atom stereocenters. The van der Waals surface area contributed by atoms with E-state index in [0.29, 0.717) is 40.6 Å². The smallest absolute Gasteiger partial charge is 0.251 e. The quantitative estimate of drug-likeness (QED) is 0.346. The average Bonchev–Trinajstić information content (AvgIpc) is 3.31. The number of aromatic nitrogens is 4. The Morgan fingerprint density at radius 3 is 2.68 bits per heavy atom. The highest BCUT2D eigenvalue weighted by Crippen LogP contribution is 2.30. The van der Waals surface area contributed by atoms with Gasteiger partial charge >= 0.3 is 0 Å². The molecule has 0 amide bonds. The number of hydrogen-bond donors (Lipinski definition) is 2. The summed E-state index contributed by atoms with van der Waals surface area (Å²) < 4.78 is 20.2. The number of rotatable bonds is 8. The minimum Gasteiger partial charge on any atom is -0.354 e. The van der Waals surface area contributed by atoms with Gasteiger partial charge in [-0.3, -0.25) is 9.78 Å². The summed E-state index contributed by atoms with van der Waals surface area (Å²) in [6.45, 7) is 6.54. The van der Waals surface area contributed by atoms with Crippen molar-refractivity contribution < 1.29 is 11.8 Å². The maximum atomic E-state index is 14.7. The number of aromatic amines is 1. The normalized spacial score (nSPS) is 11.4. The van der Waals surface area contributed by atoms with E-state index in [1.807, 2.05) is 26.1 Å². The number of hydrogen-bond acceptors (Lipinski definition) is 6. The molecule has 34 heavy (non-hydrogen) atoms. The van der Waals surface area contributed by atoms with Gasteiger partial charge in [0.1, 0.15) is 17.2 Å². The number of aryl methyl sites for hydroxylation is 1. The third-order valence-electron chi connectivity index (χ3n) is 6.04. The third-order valence-corrected chi connectivity index (χ3v) is 6.04. The van der Waals surface area contributed by atoms with Gasteiger partial charge in [-0.15, -0.1) is 0 Å². The van der Waals surface area contributed by atoms with Crippen molar-refractivity contribution >= 4 is 0 Å². The SMILES string of the molecule is CCC(CC)c1cc(-c2cnc(C)c(-c3cc(-c4ccc(CNC)cc4F)no3)n2)c[nH]c1=O.[HH].[HH]. The molecule has 3 heterocycles. The van der Waals surface area contributed by atoms with E-state index < -0.39 is 0 Å². The second-order valence-electron chi connectivity index (χ2n) is 8.30. The molecular formula is C26H32FN5O2. The van der Waals surface area contributed by atoms with Crippen molar-refractivity contribution in [1.29, 1.82) is 0 Å². The van der Waals surface area contributed by atoms with Crippen molar-refractivity contribution in [3.63, 3.8) is 0 Å². The zero-order valence-electron chi connectivity index (χ0n) is 19.8. The Hall–Kier alpha value is -3.65. The van der Waals surface area contributed by atoms with Gasteiger partial charge in [-0.05, 0) is 56.5 Å². The monoisotopic (exact) mass is 465 g/mol. The molecule has 0 radical (unpaired) electrons. The van der Waals surface area contributed by atoms with Crippen molar-refractivity contribution in [2.75, 3.05) is 7.05 Å². The molecule has 4 aromatic rings. The second kappa shape index (κ2) is 10.1. The van der Waals surface area contributed by atoms with Crippen LogP contribution < -0.4 is 10.9 Å². The summed E-state index contributed by atoms with van der Waals surface area (Å²) in [4.78, 5) is 24.4. The van der Waals surface area contributed by atoms with Crippen LogP contribution in [0.3, 0.4) is 0 Å². The summed E-state index contributed by atoms with van der Waals surface area (Å²) in [7, 11) is 1.81. The highest BCUT2D eigenvalue weighted by atomic mass is 19.1. The van der Waals surface area contributed by atoms with Gasteiger partial charge in [-0.2, -0.15) is 0 Å². The van der Waals surface area contributed by atoms with Gasteiger partial charge in [-0.25, -0.2) is 9.37 Å². The molecule has 8 heteroatoms. The first-order valence-corrected chi connectivity index (χ1v) is 11.4. The van der Waals surface area contributed by atoms with Crippen LogP contribution in [0.5, 0.6) is 0 Å². The van der Waals surface area contributed by atoms with Gasteiger partial charge < -0.3 is 14.8 Å². The van der Waals surface area contributed by atoms with Gasteiger partial charge in [0.05, 0.1) is 17.6 Å². The first kappa shape index (κ1) is 23.5. The fraction of sp³-hybridized carbons (Fsp3) is 0.308. The molecule has 180 valence electrons. The molecule has 0 spiro atoms. The number of H-pyrrole nitrogens is 1. The minimum atomic E-state index is -0.369. The lowest BCUT2D eigenvalue weighted by Crippen LogP contribution is -2.15. The Kier molecular flexibility index (Phi) is 6.98. The van der Waals surface area contributed by atoms with Gasteiger partial charge in [0, 0.05) is 38.4 Å². The maximum absolute atomic E-state index is 14.7. The summed E-state index contributed by atoms with van der Waals surface area (Å²) in [6, 6.07) is 8.58. The maximum Gasteiger partial charge on any atom is 0.251 e. The van der Waals surface area contributed by atoms with Crippen LogP contribution in [0.15, 0.2) is 52.0 Å². The van der Waals surface area contributed by atoms with E-state index in [2.05, 4.69) is 34.3 Å². The molecule has 0 saturated heterocycles. The standard InChI is InChI=1S/C26H28FN5O2.2H2/c1-5-17(6-2)20-10-18(13-30-26(20)33)23-14-29-15(3)25(31-23)24-11-22(32-34-24)19-8-7-16(12-28-4)9-21(19)27;;/h7-11,13-14,17,28H,5-6,12H2,1-4H3,(H,30,33);2*1H. The lowest BCUT2D eigenvalue weighted by atomic mass is 9.94. The number of nitrogens with one attached hydrogen (secondary N) is 2. The molecule has 1 aromatic carbocycles. The largest absolute Gasteiger partial charge is 0.354 e. The van der Waals surface area contributed by atoms with Gasteiger partial charge in [0.15, 0.2) is 5.76 Å². The molecule has 4 rings (SSSR count). The third kappa shape index (κ3) is 4.68. The van der Waals surface area contributed by atoms with Crippen LogP contribution in [0.1, 0.15) is 52.3 Å². The summed E-state index contributed by atoms with van der Waals surface area (Å²) in [5.41, 5.74) is 4.77. The van der Waals surface area contributed by atoms with Crippen molar-refractivity contribution in [3.05, 3.63) is 75.7 Å². The molecule has 0 fully saturated rings. The molecule has 7 nitrogen and oxygen atoms in total. The minimum absolute atomic E-state index is 0. The first-order valence-electron chi connectivity index (χ1n) is 11.4.